The van der Waals surface area contributed by atoms with Gasteiger partial charge in [0.2, 0.25) is 10.0 Å². The van der Waals surface area contributed by atoms with Crippen molar-refractivity contribution in [2.45, 2.75) is 24.2 Å². The lowest BCUT2D eigenvalue weighted by atomic mass is 10.2. The van der Waals surface area contributed by atoms with Crippen molar-refractivity contribution in [1.82, 2.24) is 9.21 Å². The molecule has 1 amide bonds. The van der Waals surface area contributed by atoms with E-state index in [2.05, 4.69) is 0 Å². The first kappa shape index (κ1) is 18.2. The van der Waals surface area contributed by atoms with E-state index >= 15 is 0 Å². The number of nitrogens with zero attached hydrogens (tertiary/aromatic N) is 3. The van der Waals surface area contributed by atoms with E-state index in [0.29, 0.717) is 18.7 Å². The maximum atomic E-state index is 12.8. The lowest BCUT2D eigenvalue weighted by Gasteiger charge is -2.33. The third-order valence-corrected chi connectivity index (χ3v) is 8.24. The van der Waals surface area contributed by atoms with E-state index in [1.165, 1.54) is 45.4 Å². The van der Waals surface area contributed by atoms with Crippen LogP contribution in [0.5, 0.6) is 0 Å². The standard InChI is InChI=1S/C19H19N3O3S2/c20-13-14-4-6-16(7-5-14)27(24,25)22-10-8-21(9-11-22)19(23)18-12-15-2-1-3-17(15)26-18/h4-7,12H,1-3,8-11H2. The molecule has 2 aliphatic rings. The van der Waals surface area contributed by atoms with Gasteiger partial charge >= 0.3 is 0 Å². The molecule has 0 saturated carbocycles. The minimum atomic E-state index is -3.61. The molecule has 0 bridgehead atoms. The number of sulfonamides is 1. The maximum absolute atomic E-state index is 12.8. The van der Waals surface area contributed by atoms with Crippen LogP contribution in [0.1, 0.15) is 32.1 Å². The van der Waals surface area contributed by atoms with E-state index in [-0.39, 0.29) is 23.9 Å². The minimum Gasteiger partial charge on any atom is -0.335 e. The monoisotopic (exact) mass is 401 g/mol. The van der Waals surface area contributed by atoms with Gasteiger partial charge in [0.1, 0.15) is 0 Å². The third-order valence-electron chi connectivity index (χ3n) is 5.10. The molecule has 0 unspecified atom stereocenters. The summed E-state index contributed by atoms with van der Waals surface area (Å²) < 4.78 is 26.9. The second-order valence-electron chi connectivity index (χ2n) is 6.75. The van der Waals surface area contributed by atoms with Gasteiger partial charge in [-0.15, -0.1) is 11.3 Å². The summed E-state index contributed by atoms with van der Waals surface area (Å²) in [7, 11) is -3.61. The fraction of sp³-hybridized carbons (Fsp3) is 0.368. The smallest absolute Gasteiger partial charge is 0.264 e. The Hall–Kier alpha value is -2.21. The van der Waals surface area contributed by atoms with Crippen molar-refractivity contribution in [1.29, 1.82) is 5.26 Å². The van der Waals surface area contributed by atoms with E-state index in [1.807, 2.05) is 12.1 Å². The molecule has 2 aromatic rings. The molecular weight excluding hydrogens is 382 g/mol. The predicted molar refractivity (Wildman–Crippen MR) is 102 cm³/mol. The molecular formula is C19H19N3O3S2. The Morgan fingerprint density at radius 2 is 1.78 bits per heavy atom. The third kappa shape index (κ3) is 3.38. The van der Waals surface area contributed by atoms with E-state index in [4.69, 9.17) is 5.26 Å². The molecule has 1 aliphatic heterocycles. The molecule has 8 heteroatoms. The van der Waals surface area contributed by atoms with Crippen LogP contribution >= 0.6 is 11.3 Å². The Morgan fingerprint density at radius 3 is 2.41 bits per heavy atom. The Kier molecular flexibility index (Phi) is 4.76. The predicted octanol–water partition coefficient (Wildman–Crippen LogP) is 2.26. The summed E-state index contributed by atoms with van der Waals surface area (Å²) in [5.41, 5.74) is 1.72. The highest BCUT2D eigenvalue weighted by atomic mass is 32.2. The summed E-state index contributed by atoms with van der Waals surface area (Å²) in [4.78, 5) is 16.7. The number of hydrogen-bond donors (Lipinski definition) is 0. The molecule has 27 heavy (non-hydrogen) atoms. The van der Waals surface area contributed by atoms with Crippen LogP contribution in [-0.4, -0.2) is 49.7 Å². The average molecular weight is 402 g/mol. The van der Waals surface area contributed by atoms with Gasteiger partial charge in [-0.1, -0.05) is 0 Å². The minimum absolute atomic E-state index is 0.00446. The normalized spacial score (nSPS) is 17.5. The number of hydrogen-bond acceptors (Lipinski definition) is 5. The lowest BCUT2D eigenvalue weighted by molar-refractivity contribution is 0.0702. The molecule has 1 saturated heterocycles. The van der Waals surface area contributed by atoms with Crippen molar-refractivity contribution >= 4 is 27.3 Å². The molecule has 0 radical (unpaired) electrons. The van der Waals surface area contributed by atoms with Gasteiger partial charge in [-0.25, -0.2) is 8.42 Å². The van der Waals surface area contributed by atoms with Crippen molar-refractivity contribution < 1.29 is 13.2 Å². The number of aryl methyl sites for hydroxylation is 2. The quantitative estimate of drug-likeness (QED) is 0.790. The first-order valence-corrected chi connectivity index (χ1v) is 11.2. The second kappa shape index (κ2) is 7.08. The van der Waals surface area contributed by atoms with Crippen LogP contribution in [0.3, 0.4) is 0 Å². The molecule has 1 fully saturated rings. The number of carbonyl (C=O) groups excluding carboxylic acids is 1. The van der Waals surface area contributed by atoms with Crippen LogP contribution in [0.2, 0.25) is 0 Å². The van der Waals surface area contributed by atoms with Crippen LogP contribution in [0.25, 0.3) is 0 Å². The number of fused-ring (bicyclic) bond motifs is 1. The van der Waals surface area contributed by atoms with Gasteiger partial charge in [0, 0.05) is 31.1 Å². The van der Waals surface area contributed by atoms with Crippen molar-refractivity contribution in [3.63, 3.8) is 0 Å². The van der Waals surface area contributed by atoms with Crippen molar-refractivity contribution in [2.24, 2.45) is 0 Å². The lowest BCUT2D eigenvalue weighted by Crippen LogP contribution is -2.50. The maximum Gasteiger partial charge on any atom is 0.264 e. The summed E-state index contributed by atoms with van der Waals surface area (Å²) in [6.07, 6.45) is 3.28. The number of carbonyl (C=O) groups is 1. The Labute approximate surface area is 162 Å². The molecule has 2 heterocycles. The SMILES string of the molecule is N#Cc1ccc(S(=O)(=O)N2CCN(C(=O)c3cc4c(s3)CCC4)CC2)cc1. The first-order chi connectivity index (χ1) is 13.0. The zero-order valence-electron chi connectivity index (χ0n) is 14.7. The first-order valence-electron chi connectivity index (χ1n) is 8.90. The van der Waals surface area contributed by atoms with Gasteiger partial charge in [-0.05, 0) is 55.2 Å². The highest BCUT2D eigenvalue weighted by Crippen LogP contribution is 2.31. The van der Waals surface area contributed by atoms with Gasteiger partial charge in [-0.2, -0.15) is 9.57 Å². The van der Waals surface area contributed by atoms with Crippen molar-refractivity contribution in [3.8, 4) is 6.07 Å². The molecule has 6 nitrogen and oxygen atoms in total. The van der Waals surface area contributed by atoms with Crippen LogP contribution in [0, 0.1) is 11.3 Å². The van der Waals surface area contributed by atoms with Gasteiger partial charge < -0.3 is 4.90 Å². The van der Waals surface area contributed by atoms with Crippen LogP contribution in [-0.2, 0) is 22.9 Å². The van der Waals surface area contributed by atoms with Crippen molar-refractivity contribution in [2.75, 3.05) is 26.2 Å². The fourth-order valence-corrected chi connectivity index (χ4v) is 6.22. The zero-order valence-corrected chi connectivity index (χ0v) is 16.4. The number of nitriles is 1. The number of thiophene rings is 1. The Morgan fingerprint density at radius 1 is 1.07 bits per heavy atom. The largest absolute Gasteiger partial charge is 0.335 e. The molecule has 1 aromatic carbocycles. The molecule has 1 aromatic heterocycles. The highest BCUT2D eigenvalue weighted by molar-refractivity contribution is 7.89. The molecule has 0 atom stereocenters. The summed E-state index contributed by atoms with van der Waals surface area (Å²) >= 11 is 1.58. The van der Waals surface area contributed by atoms with Crippen LogP contribution in [0.4, 0.5) is 0 Å². The molecule has 4 rings (SSSR count). The second-order valence-corrected chi connectivity index (χ2v) is 9.82. The highest BCUT2D eigenvalue weighted by Gasteiger charge is 2.31. The number of rotatable bonds is 3. The summed E-state index contributed by atoms with van der Waals surface area (Å²) in [6.45, 7) is 1.33. The zero-order chi connectivity index (χ0) is 19.0. The van der Waals surface area contributed by atoms with Gasteiger partial charge in [-0.3, -0.25) is 4.79 Å². The molecule has 0 N–H and O–H groups in total. The van der Waals surface area contributed by atoms with E-state index in [0.717, 1.165) is 17.7 Å². The Bertz CT molecular complexity index is 990. The fourth-order valence-electron chi connectivity index (χ4n) is 3.57. The molecule has 1 aliphatic carbocycles. The van der Waals surface area contributed by atoms with E-state index in [9.17, 15) is 13.2 Å². The number of piperazine rings is 1. The summed E-state index contributed by atoms with van der Waals surface area (Å²) in [6, 6.07) is 9.91. The average Bonchev–Trinajstić information content (AvgIpc) is 3.30. The number of amides is 1. The summed E-state index contributed by atoms with van der Waals surface area (Å²) in [5, 5.41) is 8.85. The number of benzene rings is 1. The van der Waals surface area contributed by atoms with Crippen molar-refractivity contribution in [3.05, 3.63) is 51.2 Å². The van der Waals surface area contributed by atoms with E-state index in [1.54, 1.807) is 16.2 Å². The Balaban J connectivity index is 1.43. The van der Waals surface area contributed by atoms with E-state index < -0.39 is 10.0 Å². The molecule has 140 valence electrons. The van der Waals surface area contributed by atoms with Crippen LogP contribution < -0.4 is 0 Å². The summed E-state index contributed by atoms with van der Waals surface area (Å²) in [5.74, 6) is 0.00446. The van der Waals surface area contributed by atoms with Crippen LogP contribution in [0.15, 0.2) is 35.2 Å². The van der Waals surface area contributed by atoms with Gasteiger partial charge in [0.25, 0.3) is 5.91 Å². The molecule has 0 spiro atoms. The van der Waals surface area contributed by atoms with Gasteiger partial charge in [0.05, 0.1) is 21.4 Å². The topological polar surface area (TPSA) is 81.5 Å². The van der Waals surface area contributed by atoms with Gasteiger partial charge in [0.15, 0.2) is 0 Å².